The zero-order valence-corrected chi connectivity index (χ0v) is 29.6. The Balaban J connectivity index is 1.69. The Bertz CT molecular complexity index is 1660. The van der Waals surface area contributed by atoms with Crippen molar-refractivity contribution in [2.24, 2.45) is 11.7 Å². The second kappa shape index (κ2) is 22.0. The lowest BCUT2D eigenvalue weighted by atomic mass is 9.97. The first-order valence-corrected chi connectivity index (χ1v) is 16.4. The number of halogens is 5. The molecule has 0 aromatic heterocycles. The number of carbonyl (C=O) groups excluding carboxylic acids is 7. The minimum absolute atomic E-state index is 0.0550. The zero-order chi connectivity index (χ0) is 40.5. The van der Waals surface area contributed by atoms with Crippen LogP contribution in [0.4, 0.5) is 22.0 Å². The smallest absolute Gasteiger partial charge is 0.313 e. The molecule has 0 fully saturated rings. The van der Waals surface area contributed by atoms with Crippen LogP contribution in [0.25, 0.3) is 0 Å². The van der Waals surface area contributed by atoms with Crippen LogP contribution in [0.15, 0.2) is 24.3 Å². The van der Waals surface area contributed by atoms with Crippen LogP contribution in [0.1, 0.15) is 57.6 Å². The third-order valence-corrected chi connectivity index (χ3v) is 7.45. The molecule has 296 valence electrons. The van der Waals surface area contributed by atoms with Crippen LogP contribution in [0.3, 0.4) is 0 Å². The van der Waals surface area contributed by atoms with Gasteiger partial charge in [0.25, 0.3) is 0 Å². The number of ketones is 2. The molecule has 14 nitrogen and oxygen atoms in total. The van der Waals surface area contributed by atoms with E-state index in [4.69, 9.17) is 19.9 Å². The molecule has 0 radical (unpaired) electrons. The van der Waals surface area contributed by atoms with E-state index in [9.17, 15) is 55.5 Å². The van der Waals surface area contributed by atoms with Crippen LogP contribution >= 0.6 is 0 Å². The zero-order valence-electron chi connectivity index (χ0n) is 29.6. The summed E-state index contributed by atoms with van der Waals surface area (Å²) < 4.78 is 86.2. The van der Waals surface area contributed by atoms with Crippen molar-refractivity contribution in [2.45, 2.75) is 71.6 Å². The number of ether oxygens (including phenoxy) is 4. The van der Waals surface area contributed by atoms with Gasteiger partial charge < -0.3 is 35.3 Å². The Kier molecular flexibility index (Phi) is 18.3. The van der Waals surface area contributed by atoms with E-state index < -0.39 is 107 Å². The average molecular weight is 774 g/mol. The highest BCUT2D eigenvalue weighted by atomic mass is 19.2. The highest BCUT2D eigenvalue weighted by Crippen LogP contribution is 2.29. The maximum absolute atomic E-state index is 13.6. The van der Waals surface area contributed by atoms with Crippen molar-refractivity contribution in [1.82, 2.24) is 10.6 Å². The summed E-state index contributed by atoms with van der Waals surface area (Å²) in [7, 11) is 0. The average Bonchev–Trinajstić information content (AvgIpc) is 3.11. The standard InChI is InChI=1S/C35H40F5N3O11/c1-18(35(50)43-23(16-26(41)47)25(46)15-21-4-6-22(7-5-21)17-53-20(3)44)14-24(45)19(2)42-27(48)8-10-51-12-13-52-11-9-28(49)54-34-32(39)30(37)29(36)31(38)33(34)40/h4-7,18-19,23H,8-17H2,1-3H3,(H2,41,47)(H,42,48)(H,43,50)/t18-,19+,23+/m1/s1. The SMILES string of the molecule is CC(=O)OCc1ccc(CC(=O)[C@H](CC(N)=O)NC(=O)[C@H](C)CC(=O)[C@H](C)NC(=O)CCOCCOCCC(=O)Oc2c(F)c(F)c(F)c(F)c2F)cc1. The number of rotatable bonds is 23. The first-order valence-electron chi connectivity index (χ1n) is 16.4. The quantitative estimate of drug-likeness (QED) is 0.0374. The highest BCUT2D eigenvalue weighted by Gasteiger charge is 2.29. The van der Waals surface area contributed by atoms with Crippen molar-refractivity contribution in [3.05, 3.63) is 64.5 Å². The van der Waals surface area contributed by atoms with Crippen molar-refractivity contribution >= 4 is 41.2 Å². The summed E-state index contributed by atoms with van der Waals surface area (Å²) in [5.74, 6) is -19.1. The van der Waals surface area contributed by atoms with Crippen LogP contribution < -0.4 is 21.1 Å². The molecule has 0 spiro atoms. The van der Waals surface area contributed by atoms with Gasteiger partial charge in [0.15, 0.2) is 11.6 Å². The van der Waals surface area contributed by atoms with Gasteiger partial charge >= 0.3 is 11.9 Å². The Morgan fingerprint density at radius 2 is 1.24 bits per heavy atom. The largest absolute Gasteiger partial charge is 0.461 e. The molecule has 0 bridgehead atoms. The summed E-state index contributed by atoms with van der Waals surface area (Å²) in [6, 6.07) is 4.34. The Morgan fingerprint density at radius 1 is 0.704 bits per heavy atom. The molecular formula is C35H40F5N3O11. The number of Topliss-reactive ketones (excluding diaryl/α,β-unsaturated/α-hetero) is 2. The lowest BCUT2D eigenvalue weighted by Gasteiger charge is -2.20. The van der Waals surface area contributed by atoms with E-state index in [1.165, 1.54) is 20.8 Å². The lowest BCUT2D eigenvalue weighted by Crippen LogP contribution is -2.47. The second-order valence-corrected chi connectivity index (χ2v) is 11.9. The van der Waals surface area contributed by atoms with E-state index in [2.05, 4.69) is 15.4 Å². The van der Waals surface area contributed by atoms with Crippen molar-refractivity contribution in [1.29, 1.82) is 0 Å². The van der Waals surface area contributed by atoms with Crippen molar-refractivity contribution in [2.75, 3.05) is 26.4 Å². The van der Waals surface area contributed by atoms with Crippen LogP contribution in [0.5, 0.6) is 5.75 Å². The van der Waals surface area contributed by atoms with Crippen molar-refractivity contribution in [3.63, 3.8) is 0 Å². The summed E-state index contributed by atoms with van der Waals surface area (Å²) in [5.41, 5.74) is 6.55. The normalized spacial score (nSPS) is 12.6. The predicted octanol–water partition coefficient (Wildman–Crippen LogP) is 2.44. The van der Waals surface area contributed by atoms with E-state index in [0.717, 1.165) is 0 Å². The minimum Gasteiger partial charge on any atom is -0.461 e. The first kappa shape index (κ1) is 44.9. The number of primary amides is 1. The van der Waals surface area contributed by atoms with Crippen LogP contribution in [0, 0.1) is 35.0 Å². The van der Waals surface area contributed by atoms with E-state index in [1.807, 2.05) is 0 Å². The summed E-state index contributed by atoms with van der Waals surface area (Å²) in [4.78, 5) is 85.2. The third-order valence-electron chi connectivity index (χ3n) is 7.45. The van der Waals surface area contributed by atoms with Gasteiger partial charge in [0.2, 0.25) is 52.6 Å². The molecule has 54 heavy (non-hydrogen) atoms. The van der Waals surface area contributed by atoms with Crippen molar-refractivity contribution in [3.8, 4) is 5.75 Å². The molecular weight excluding hydrogens is 733 g/mol. The predicted molar refractivity (Wildman–Crippen MR) is 175 cm³/mol. The molecule has 0 aliphatic rings. The Hall–Kier alpha value is -5.30. The van der Waals surface area contributed by atoms with E-state index >= 15 is 0 Å². The Morgan fingerprint density at radius 3 is 1.80 bits per heavy atom. The van der Waals surface area contributed by atoms with E-state index in [0.29, 0.717) is 11.1 Å². The van der Waals surface area contributed by atoms with E-state index in [-0.39, 0.29) is 52.3 Å². The first-order chi connectivity index (χ1) is 25.4. The minimum atomic E-state index is -2.40. The Labute approximate surface area is 306 Å². The van der Waals surface area contributed by atoms with Gasteiger partial charge in [-0.25, -0.2) is 13.2 Å². The topological polar surface area (TPSA) is 206 Å². The number of hydrogen-bond donors (Lipinski definition) is 3. The van der Waals surface area contributed by atoms with Gasteiger partial charge in [0.1, 0.15) is 6.61 Å². The maximum atomic E-state index is 13.6. The molecule has 0 unspecified atom stereocenters. The van der Waals surface area contributed by atoms with Gasteiger partial charge in [-0.15, -0.1) is 0 Å². The molecule has 4 N–H and O–H groups in total. The number of nitrogens with one attached hydrogen (secondary N) is 2. The molecule has 2 rings (SSSR count). The molecule has 19 heteroatoms. The summed E-state index contributed by atoms with van der Waals surface area (Å²) in [6.07, 6.45) is -1.69. The van der Waals surface area contributed by atoms with E-state index in [1.54, 1.807) is 24.3 Å². The number of carbonyl (C=O) groups is 7. The fourth-order valence-corrected chi connectivity index (χ4v) is 4.47. The number of benzene rings is 2. The van der Waals surface area contributed by atoms with Crippen LogP contribution in [0.2, 0.25) is 0 Å². The van der Waals surface area contributed by atoms with Gasteiger partial charge in [-0.2, -0.15) is 8.78 Å². The second-order valence-electron chi connectivity index (χ2n) is 11.9. The summed E-state index contributed by atoms with van der Waals surface area (Å²) in [5, 5.41) is 4.95. The molecule has 3 atom stereocenters. The number of nitrogens with two attached hydrogens (primary N) is 1. The number of amides is 3. The number of hydrogen-bond acceptors (Lipinski definition) is 11. The molecule has 0 saturated carbocycles. The highest BCUT2D eigenvalue weighted by molar-refractivity contribution is 5.96. The van der Waals surface area contributed by atoms with Gasteiger partial charge in [-0.3, -0.25) is 33.6 Å². The van der Waals surface area contributed by atoms with Crippen molar-refractivity contribution < 1.29 is 74.5 Å². The van der Waals surface area contributed by atoms with Crippen LogP contribution in [-0.4, -0.2) is 79.7 Å². The summed E-state index contributed by atoms with van der Waals surface area (Å²) >= 11 is 0. The molecule has 0 aliphatic carbocycles. The van der Waals surface area contributed by atoms with Crippen LogP contribution in [-0.2, 0) is 60.8 Å². The molecule has 2 aromatic carbocycles. The van der Waals surface area contributed by atoms with Gasteiger partial charge in [0.05, 0.1) is 51.4 Å². The monoisotopic (exact) mass is 773 g/mol. The molecule has 3 amide bonds. The molecule has 0 heterocycles. The molecule has 0 aliphatic heterocycles. The van der Waals surface area contributed by atoms with Gasteiger partial charge in [-0.1, -0.05) is 31.2 Å². The third kappa shape index (κ3) is 15.0. The molecule has 0 saturated heterocycles. The van der Waals surface area contributed by atoms with Gasteiger partial charge in [-0.05, 0) is 18.1 Å². The fourth-order valence-electron chi connectivity index (χ4n) is 4.47. The van der Waals surface area contributed by atoms with Gasteiger partial charge in [0, 0.05) is 32.1 Å². The maximum Gasteiger partial charge on any atom is 0.313 e. The molecule has 2 aromatic rings. The lowest BCUT2D eigenvalue weighted by molar-refractivity contribution is -0.142. The fraction of sp³-hybridized carbons (Fsp3) is 0.457. The number of esters is 2. The summed E-state index contributed by atoms with van der Waals surface area (Å²) in [6.45, 7) is 3.54.